The van der Waals surface area contributed by atoms with Crippen LogP contribution in [0.3, 0.4) is 0 Å². The van der Waals surface area contributed by atoms with E-state index in [-0.39, 0.29) is 17.6 Å². The monoisotopic (exact) mass is 340 g/mol. The standard InChI is InChI=1S/C18H17FN4O2/c1-22-17(12-2-4-14(19)5-3-12)10-16(20-22)18(24)23-8-6-13(11-23)15-7-9-25-21-15/h2-5,7,9-10,13H,6,8,11H2,1H3. The van der Waals surface area contributed by atoms with Crippen molar-refractivity contribution in [1.82, 2.24) is 19.8 Å². The molecule has 0 saturated carbocycles. The number of likely N-dealkylation sites (tertiary alicyclic amines) is 1. The van der Waals surface area contributed by atoms with Crippen LogP contribution in [0.5, 0.6) is 0 Å². The predicted molar refractivity (Wildman–Crippen MR) is 88.4 cm³/mol. The molecule has 0 radical (unpaired) electrons. The van der Waals surface area contributed by atoms with Gasteiger partial charge in [0.2, 0.25) is 0 Å². The van der Waals surface area contributed by atoms with E-state index in [0.717, 1.165) is 23.4 Å². The third-order valence-electron chi connectivity index (χ3n) is 4.59. The number of carbonyl (C=O) groups excluding carboxylic acids is 1. The average molecular weight is 340 g/mol. The zero-order chi connectivity index (χ0) is 17.4. The Hall–Kier alpha value is -2.96. The first-order chi connectivity index (χ1) is 12.1. The van der Waals surface area contributed by atoms with Gasteiger partial charge in [-0.3, -0.25) is 9.48 Å². The van der Waals surface area contributed by atoms with E-state index in [0.29, 0.717) is 18.8 Å². The second-order valence-corrected chi connectivity index (χ2v) is 6.21. The summed E-state index contributed by atoms with van der Waals surface area (Å²) in [6, 6.07) is 9.73. The van der Waals surface area contributed by atoms with Crippen LogP contribution in [0.15, 0.2) is 47.2 Å². The van der Waals surface area contributed by atoms with E-state index in [9.17, 15) is 9.18 Å². The molecule has 25 heavy (non-hydrogen) atoms. The quantitative estimate of drug-likeness (QED) is 0.735. The van der Waals surface area contributed by atoms with Crippen LogP contribution in [0.1, 0.15) is 28.5 Å². The van der Waals surface area contributed by atoms with Gasteiger partial charge in [0.25, 0.3) is 5.91 Å². The van der Waals surface area contributed by atoms with Crippen molar-refractivity contribution in [2.45, 2.75) is 12.3 Å². The minimum absolute atomic E-state index is 0.102. The Morgan fingerprint density at radius 3 is 2.80 bits per heavy atom. The van der Waals surface area contributed by atoms with Gasteiger partial charge in [-0.05, 0) is 42.3 Å². The van der Waals surface area contributed by atoms with Gasteiger partial charge in [-0.2, -0.15) is 5.10 Å². The van der Waals surface area contributed by atoms with Crippen LogP contribution in [-0.4, -0.2) is 38.8 Å². The van der Waals surface area contributed by atoms with Gasteiger partial charge in [-0.1, -0.05) is 5.16 Å². The van der Waals surface area contributed by atoms with Crippen molar-refractivity contribution >= 4 is 5.91 Å². The van der Waals surface area contributed by atoms with E-state index in [1.807, 2.05) is 6.07 Å². The van der Waals surface area contributed by atoms with Gasteiger partial charge < -0.3 is 9.42 Å². The van der Waals surface area contributed by atoms with Crippen molar-refractivity contribution in [3.05, 3.63) is 59.9 Å². The zero-order valence-electron chi connectivity index (χ0n) is 13.7. The van der Waals surface area contributed by atoms with Crippen molar-refractivity contribution in [2.24, 2.45) is 7.05 Å². The summed E-state index contributed by atoms with van der Waals surface area (Å²) < 4.78 is 19.6. The molecule has 0 spiro atoms. The van der Waals surface area contributed by atoms with Gasteiger partial charge in [-0.15, -0.1) is 0 Å². The number of amides is 1. The van der Waals surface area contributed by atoms with Crippen molar-refractivity contribution in [3.63, 3.8) is 0 Å². The molecule has 1 saturated heterocycles. The first kappa shape index (κ1) is 15.6. The molecule has 3 aromatic rings. The number of benzene rings is 1. The van der Waals surface area contributed by atoms with E-state index in [1.165, 1.54) is 12.1 Å². The van der Waals surface area contributed by atoms with Gasteiger partial charge >= 0.3 is 0 Å². The van der Waals surface area contributed by atoms with Gasteiger partial charge in [0.1, 0.15) is 12.1 Å². The first-order valence-electron chi connectivity index (χ1n) is 8.11. The maximum atomic E-state index is 13.1. The minimum Gasteiger partial charge on any atom is -0.365 e. The molecule has 1 aliphatic rings. The highest BCUT2D eigenvalue weighted by Crippen LogP contribution is 2.28. The number of halogens is 1. The Labute approximate surface area is 143 Å². The van der Waals surface area contributed by atoms with E-state index in [1.54, 1.807) is 41.1 Å². The number of nitrogens with zero attached hydrogens (tertiary/aromatic N) is 4. The lowest BCUT2D eigenvalue weighted by molar-refractivity contribution is 0.0784. The Bertz CT molecular complexity index is 886. The number of rotatable bonds is 3. The molecule has 4 rings (SSSR count). The third kappa shape index (κ3) is 2.93. The number of aromatic nitrogens is 3. The van der Waals surface area contributed by atoms with Crippen molar-refractivity contribution in [3.8, 4) is 11.3 Å². The molecule has 2 aromatic heterocycles. The topological polar surface area (TPSA) is 64.2 Å². The van der Waals surface area contributed by atoms with Crippen molar-refractivity contribution in [1.29, 1.82) is 0 Å². The lowest BCUT2D eigenvalue weighted by Crippen LogP contribution is -2.28. The van der Waals surface area contributed by atoms with Crippen LogP contribution in [-0.2, 0) is 7.05 Å². The van der Waals surface area contributed by atoms with E-state index in [4.69, 9.17) is 4.52 Å². The minimum atomic E-state index is -0.293. The van der Waals surface area contributed by atoms with E-state index >= 15 is 0 Å². The summed E-state index contributed by atoms with van der Waals surface area (Å²) in [6.07, 6.45) is 2.41. The smallest absolute Gasteiger partial charge is 0.274 e. The molecule has 1 fully saturated rings. The molecule has 128 valence electrons. The summed E-state index contributed by atoms with van der Waals surface area (Å²) in [5.41, 5.74) is 2.86. The largest absolute Gasteiger partial charge is 0.365 e. The van der Waals surface area contributed by atoms with Crippen molar-refractivity contribution in [2.75, 3.05) is 13.1 Å². The summed E-state index contributed by atoms with van der Waals surface area (Å²) in [7, 11) is 1.78. The van der Waals surface area contributed by atoms with Crippen molar-refractivity contribution < 1.29 is 13.7 Å². The second-order valence-electron chi connectivity index (χ2n) is 6.21. The maximum Gasteiger partial charge on any atom is 0.274 e. The predicted octanol–water partition coefficient (Wildman–Crippen LogP) is 2.84. The molecule has 1 atom stereocenters. The summed E-state index contributed by atoms with van der Waals surface area (Å²) in [6.45, 7) is 1.27. The van der Waals surface area contributed by atoms with Crippen LogP contribution in [0, 0.1) is 5.82 Å². The third-order valence-corrected chi connectivity index (χ3v) is 4.59. The molecule has 1 aromatic carbocycles. The average Bonchev–Trinajstić information content (AvgIpc) is 3.35. The fourth-order valence-corrected chi connectivity index (χ4v) is 3.24. The highest BCUT2D eigenvalue weighted by atomic mass is 19.1. The number of hydrogen-bond donors (Lipinski definition) is 0. The fourth-order valence-electron chi connectivity index (χ4n) is 3.24. The molecule has 0 aliphatic carbocycles. The normalized spacial score (nSPS) is 17.2. The highest BCUT2D eigenvalue weighted by Gasteiger charge is 2.30. The zero-order valence-corrected chi connectivity index (χ0v) is 13.7. The molecule has 0 bridgehead atoms. The van der Waals surface area contributed by atoms with Crippen LogP contribution in [0.4, 0.5) is 4.39 Å². The molecule has 1 aliphatic heterocycles. The number of aryl methyl sites for hydroxylation is 1. The molecule has 1 amide bonds. The van der Waals surface area contributed by atoms with Crippen LogP contribution < -0.4 is 0 Å². The Balaban J connectivity index is 1.53. The maximum absolute atomic E-state index is 13.1. The fraction of sp³-hybridized carbons (Fsp3) is 0.278. The summed E-state index contributed by atoms with van der Waals surface area (Å²) >= 11 is 0. The Kier molecular flexibility index (Phi) is 3.83. The summed E-state index contributed by atoms with van der Waals surface area (Å²) in [4.78, 5) is 14.5. The summed E-state index contributed by atoms with van der Waals surface area (Å²) in [5, 5.41) is 8.31. The number of carbonyl (C=O) groups is 1. The van der Waals surface area contributed by atoms with Gasteiger partial charge in [-0.25, -0.2) is 4.39 Å². The lowest BCUT2D eigenvalue weighted by Gasteiger charge is -2.14. The SMILES string of the molecule is Cn1nc(C(=O)N2CCC(c3ccon3)C2)cc1-c1ccc(F)cc1. The molecule has 0 N–H and O–H groups in total. The second kappa shape index (κ2) is 6.16. The molecule has 1 unspecified atom stereocenters. The van der Waals surface area contributed by atoms with Gasteiger partial charge in [0.05, 0.1) is 11.4 Å². The Morgan fingerprint density at radius 2 is 2.08 bits per heavy atom. The molecular formula is C18H17FN4O2. The molecule has 3 heterocycles. The van der Waals surface area contributed by atoms with E-state index < -0.39 is 0 Å². The van der Waals surface area contributed by atoms with Gasteiger partial charge in [0.15, 0.2) is 5.69 Å². The van der Waals surface area contributed by atoms with Crippen LogP contribution in [0.25, 0.3) is 11.3 Å². The van der Waals surface area contributed by atoms with Gasteiger partial charge in [0, 0.05) is 32.1 Å². The number of hydrogen-bond acceptors (Lipinski definition) is 4. The highest BCUT2D eigenvalue weighted by molar-refractivity contribution is 5.93. The van der Waals surface area contributed by atoms with Crippen LogP contribution >= 0.6 is 0 Å². The lowest BCUT2D eigenvalue weighted by atomic mass is 10.1. The Morgan fingerprint density at radius 1 is 1.28 bits per heavy atom. The first-order valence-corrected chi connectivity index (χ1v) is 8.11. The summed E-state index contributed by atoms with van der Waals surface area (Å²) in [5.74, 6) is -0.198. The molecule has 6 nitrogen and oxygen atoms in total. The molecule has 7 heteroatoms. The van der Waals surface area contributed by atoms with Crippen LogP contribution in [0.2, 0.25) is 0 Å². The molecular weight excluding hydrogens is 323 g/mol. The van der Waals surface area contributed by atoms with E-state index in [2.05, 4.69) is 10.3 Å².